The van der Waals surface area contributed by atoms with E-state index in [1.165, 1.54) is 47.0 Å². The highest BCUT2D eigenvalue weighted by Crippen LogP contribution is 2.42. The molecule has 0 bridgehead atoms. The lowest BCUT2D eigenvalue weighted by molar-refractivity contribution is 0.241. The Bertz CT molecular complexity index is 572. The molecule has 1 heterocycles. The van der Waals surface area contributed by atoms with Crippen LogP contribution in [-0.4, -0.2) is 6.04 Å². The molecule has 112 valence electrons. The van der Waals surface area contributed by atoms with Gasteiger partial charge in [-0.05, 0) is 46.8 Å². The van der Waals surface area contributed by atoms with Gasteiger partial charge in [0.05, 0.1) is 0 Å². The first-order valence-electron chi connectivity index (χ1n) is 7.75. The SMILES string of the molecule is NC(Cc1cc(Br)cs1)C1(c2ccccc2)CCCCC1. The third-order valence-electron chi connectivity index (χ3n) is 4.85. The summed E-state index contributed by atoms with van der Waals surface area (Å²) in [6.07, 6.45) is 7.39. The fraction of sp³-hybridized carbons (Fsp3) is 0.444. The van der Waals surface area contributed by atoms with E-state index in [-0.39, 0.29) is 11.5 Å². The van der Waals surface area contributed by atoms with Crippen LogP contribution >= 0.6 is 27.3 Å². The number of thiophene rings is 1. The Kier molecular flexibility index (Phi) is 4.82. The van der Waals surface area contributed by atoms with Gasteiger partial charge in [0.1, 0.15) is 0 Å². The lowest BCUT2D eigenvalue weighted by Gasteiger charge is -2.42. The van der Waals surface area contributed by atoms with Gasteiger partial charge < -0.3 is 5.73 Å². The van der Waals surface area contributed by atoms with Crippen LogP contribution in [0.3, 0.4) is 0 Å². The number of hydrogen-bond acceptors (Lipinski definition) is 2. The summed E-state index contributed by atoms with van der Waals surface area (Å²) >= 11 is 5.35. The maximum Gasteiger partial charge on any atom is 0.0285 e. The molecule has 2 aromatic rings. The minimum Gasteiger partial charge on any atom is -0.327 e. The molecule has 1 nitrogen and oxygen atoms in total. The molecular formula is C18H22BrNS. The zero-order chi connectivity index (χ0) is 14.7. The van der Waals surface area contributed by atoms with E-state index in [0.717, 1.165) is 6.42 Å². The molecule has 21 heavy (non-hydrogen) atoms. The largest absolute Gasteiger partial charge is 0.327 e. The predicted octanol–water partition coefficient (Wildman–Crippen LogP) is 5.28. The minimum absolute atomic E-state index is 0.163. The van der Waals surface area contributed by atoms with Gasteiger partial charge in [-0.1, -0.05) is 49.6 Å². The van der Waals surface area contributed by atoms with Crippen LogP contribution in [0.2, 0.25) is 0 Å². The molecule has 0 radical (unpaired) electrons. The molecule has 3 rings (SSSR count). The van der Waals surface area contributed by atoms with Crippen molar-refractivity contribution in [2.45, 2.75) is 50.0 Å². The Morgan fingerprint density at radius 3 is 2.48 bits per heavy atom. The topological polar surface area (TPSA) is 26.0 Å². The van der Waals surface area contributed by atoms with Gasteiger partial charge in [-0.3, -0.25) is 0 Å². The van der Waals surface area contributed by atoms with Gasteiger partial charge >= 0.3 is 0 Å². The van der Waals surface area contributed by atoms with Crippen molar-refractivity contribution in [3.63, 3.8) is 0 Å². The van der Waals surface area contributed by atoms with Gasteiger partial charge in [-0.25, -0.2) is 0 Å². The molecule has 1 unspecified atom stereocenters. The molecule has 0 amide bonds. The fourth-order valence-electron chi connectivity index (χ4n) is 3.70. The van der Waals surface area contributed by atoms with Crippen LogP contribution in [0.1, 0.15) is 42.5 Å². The van der Waals surface area contributed by atoms with Crippen LogP contribution in [0, 0.1) is 0 Å². The molecule has 3 heteroatoms. The van der Waals surface area contributed by atoms with Crippen molar-refractivity contribution in [2.24, 2.45) is 5.73 Å². The molecule has 1 aliphatic carbocycles. The molecule has 0 aliphatic heterocycles. The molecule has 1 aliphatic rings. The van der Waals surface area contributed by atoms with Crippen LogP contribution < -0.4 is 5.73 Å². The standard InChI is InChI=1S/C18H22BrNS/c19-15-11-16(21-13-15)12-17(20)18(9-5-2-6-10-18)14-7-3-1-4-8-14/h1,3-4,7-8,11,13,17H,2,5-6,9-10,12,20H2. The van der Waals surface area contributed by atoms with E-state index in [9.17, 15) is 0 Å². The van der Waals surface area contributed by atoms with Crippen molar-refractivity contribution in [3.05, 3.63) is 56.7 Å². The van der Waals surface area contributed by atoms with Crippen LogP contribution in [0.25, 0.3) is 0 Å². The summed E-state index contributed by atoms with van der Waals surface area (Å²) in [5.74, 6) is 0. The molecule has 1 aromatic carbocycles. The smallest absolute Gasteiger partial charge is 0.0285 e. The van der Waals surface area contributed by atoms with Crippen molar-refractivity contribution in [1.29, 1.82) is 0 Å². The van der Waals surface area contributed by atoms with Gasteiger partial charge in [-0.15, -0.1) is 11.3 Å². The number of hydrogen-bond donors (Lipinski definition) is 1. The van der Waals surface area contributed by atoms with Crippen LogP contribution in [-0.2, 0) is 11.8 Å². The van der Waals surface area contributed by atoms with Crippen molar-refractivity contribution in [3.8, 4) is 0 Å². The molecular weight excluding hydrogens is 342 g/mol. The molecule has 1 atom stereocenters. The van der Waals surface area contributed by atoms with Gasteiger partial charge in [-0.2, -0.15) is 0 Å². The highest BCUT2D eigenvalue weighted by molar-refractivity contribution is 9.10. The minimum atomic E-state index is 0.163. The van der Waals surface area contributed by atoms with E-state index in [2.05, 4.69) is 57.7 Å². The average molecular weight is 364 g/mol. The summed E-state index contributed by atoms with van der Waals surface area (Å²) in [6.45, 7) is 0. The molecule has 1 fully saturated rings. The van der Waals surface area contributed by atoms with Crippen molar-refractivity contribution >= 4 is 27.3 Å². The average Bonchev–Trinajstić information content (AvgIpc) is 2.94. The summed E-state index contributed by atoms with van der Waals surface area (Å²) in [5.41, 5.74) is 8.35. The van der Waals surface area contributed by atoms with Crippen LogP contribution in [0.4, 0.5) is 0 Å². The first-order chi connectivity index (χ1) is 10.2. The number of halogens is 1. The predicted molar refractivity (Wildman–Crippen MR) is 94.9 cm³/mol. The second kappa shape index (κ2) is 6.64. The monoisotopic (exact) mass is 363 g/mol. The van der Waals surface area contributed by atoms with Crippen LogP contribution in [0.15, 0.2) is 46.3 Å². The Labute approximate surface area is 139 Å². The van der Waals surface area contributed by atoms with Crippen molar-refractivity contribution < 1.29 is 0 Å². The van der Waals surface area contributed by atoms with E-state index in [0.29, 0.717) is 0 Å². The second-order valence-corrected chi connectivity index (χ2v) is 8.04. The van der Waals surface area contributed by atoms with E-state index < -0.39 is 0 Å². The summed E-state index contributed by atoms with van der Waals surface area (Å²) in [5, 5.41) is 2.15. The highest BCUT2D eigenvalue weighted by Gasteiger charge is 2.39. The second-order valence-electron chi connectivity index (χ2n) is 6.12. The lowest BCUT2D eigenvalue weighted by Crippen LogP contribution is -2.48. The van der Waals surface area contributed by atoms with E-state index in [1.54, 1.807) is 0 Å². The Morgan fingerprint density at radius 1 is 1.14 bits per heavy atom. The van der Waals surface area contributed by atoms with Crippen molar-refractivity contribution in [2.75, 3.05) is 0 Å². The molecule has 0 spiro atoms. The van der Waals surface area contributed by atoms with E-state index in [1.807, 2.05) is 11.3 Å². The van der Waals surface area contributed by atoms with Gasteiger partial charge in [0, 0.05) is 26.2 Å². The van der Waals surface area contributed by atoms with Gasteiger partial charge in [0.25, 0.3) is 0 Å². The Balaban J connectivity index is 1.88. The summed E-state index contributed by atoms with van der Waals surface area (Å²) in [4.78, 5) is 1.38. The summed E-state index contributed by atoms with van der Waals surface area (Å²) in [7, 11) is 0. The maximum absolute atomic E-state index is 6.75. The fourth-order valence-corrected chi connectivity index (χ4v) is 5.21. The third kappa shape index (κ3) is 3.25. The summed E-state index contributed by atoms with van der Waals surface area (Å²) in [6, 6.07) is 13.4. The summed E-state index contributed by atoms with van der Waals surface area (Å²) < 4.78 is 1.17. The maximum atomic E-state index is 6.75. The number of nitrogens with two attached hydrogens (primary N) is 1. The van der Waals surface area contributed by atoms with Gasteiger partial charge in [0.15, 0.2) is 0 Å². The zero-order valence-corrected chi connectivity index (χ0v) is 14.6. The van der Waals surface area contributed by atoms with E-state index >= 15 is 0 Å². The zero-order valence-electron chi connectivity index (χ0n) is 12.2. The molecule has 1 saturated carbocycles. The quantitative estimate of drug-likeness (QED) is 0.785. The molecule has 1 aromatic heterocycles. The van der Waals surface area contributed by atoms with Crippen LogP contribution in [0.5, 0.6) is 0 Å². The molecule has 2 N–H and O–H groups in total. The Hall–Kier alpha value is -0.640. The first kappa shape index (κ1) is 15.3. The Morgan fingerprint density at radius 2 is 1.86 bits per heavy atom. The first-order valence-corrected chi connectivity index (χ1v) is 9.42. The normalized spacial score (nSPS) is 19.3. The lowest BCUT2D eigenvalue weighted by atomic mass is 9.64. The van der Waals surface area contributed by atoms with Gasteiger partial charge in [0.2, 0.25) is 0 Å². The van der Waals surface area contributed by atoms with E-state index in [4.69, 9.17) is 5.73 Å². The number of rotatable bonds is 4. The third-order valence-corrected chi connectivity index (χ3v) is 6.57. The van der Waals surface area contributed by atoms with Crippen molar-refractivity contribution in [1.82, 2.24) is 0 Å². The number of benzene rings is 1. The highest BCUT2D eigenvalue weighted by atomic mass is 79.9. The molecule has 0 saturated heterocycles.